The molecule has 2 aromatic rings. The van der Waals surface area contributed by atoms with E-state index in [-0.39, 0.29) is 17.7 Å². The van der Waals surface area contributed by atoms with E-state index in [9.17, 15) is 10.1 Å². The molecule has 0 radical (unpaired) electrons. The topological polar surface area (TPSA) is 95.7 Å². The van der Waals surface area contributed by atoms with E-state index in [2.05, 4.69) is 15.6 Å². The second-order valence-corrected chi connectivity index (χ2v) is 8.64. The Hall–Kier alpha value is -3.53. The van der Waals surface area contributed by atoms with E-state index >= 15 is 0 Å². The van der Waals surface area contributed by atoms with Crippen LogP contribution >= 0.6 is 0 Å². The Morgan fingerprint density at radius 2 is 1.75 bits per heavy atom. The number of aryl methyl sites for hydroxylation is 1. The van der Waals surface area contributed by atoms with Crippen molar-refractivity contribution in [3.8, 4) is 17.7 Å². The fourth-order valence-corrected chi connectivity index (χ4v) is 3.20. The molecule has 1 amide bonds. The van der Waals surface area contributed by atoms with E-state index in [0.29, 0.717) is 23.8 Å². The van der Waals surface area contributed by atoms with E-state index in [4.69, 9.17) is 9.47 Å². The van der Waals surface area contributed by atoms with E-state index in [0.717, 1.165) is 16.7 Å². The van der Waals surface area contributed by atoms with Gasteiger partial charge in [0.05, 0.1) is 20.6 Å². The Balaban J connectivity index is 2.15. The van der Waals surface area contributed by atoms with E-state index in [1.165, 1.54) is 0 Å². The van der Waals surface area contributed by atoms with Crippen LogP contribution in [0.2, 0.25) is 0 Å². The van der Waals surface area contributed by atoms with Crippen LogP contribution in [0.3, 0.4) is 0 Å². The van der Waals surface area contributed by atoms with Gasteiger partial charge in [-0.15, -0.1) is 0 Å². The Morgan fingerprint density at radius 1 is 1.06 bits per heavy atom. The molecule has 1 unspecified atom stereocenters. The number of nitrogens with one attached hydrogen (secondary N) is 2. The summed E-state index contributed by atoms with van der Waals surface area (Å²) in [6.45, 7) is 8.06. The number of methoxy groups -OCH3 is 2. The quantitative estimate of drug-likeness (QED) is 0.284. The zero-order valence-electron chi connectivity index (χ0n) is 19.7. The van der Waals surface area contributed by atoms with Gasteiger partial charge in [0.15, 0.2) is 11.5 Å². The van der Waals surface area contributed by atoms with Crippen molar-refractivity contribution in [1.29, 1.82) is 5.26 Å². The maximum atomic E-state index is 12.8. The van der Waals surface area contributed by atoms with Gasteiger partial charge in [0, 0.05) is 11.8 Å². The zero-order valence-corrected chi connectivity index (χ0v) is 19.7. The number of nitrogens with zero attached hydrogens (tertiary/aromatic N) is 2. The lowest BCUT2D eigenvalue weighted by atomic mass is 9.91. The van der Waals surface area contributed by atoms with Gasteiger partial charge in [-0.25, -0.2) is 0 Å². The normalized spacial score (nSPS) is 12.5. The average Bonchev–Trinajstić information content (AvgIpc) is 2.74. The molecule has 1 atom stereocenters. The molecule has 0 aliphatic heterocycles. The maximum absolute atomic E-state index is 12.8. The lowest BCUT2D eigenvalue weighted by Gasteiger charge is -2.33. The van der Waals surface area contributed by atoms with Crippen LogP contribution in [0.1, 0.15) is 37.5 Å². The largest absolute Gasteiger partial charge is 0.493 e. The first-order chi connectivity index (χ1) is 15.2. The molecule has 2 aromatic carbocycles. The number of hydrogen-bond donors (Lipinski definition) is 2. The summed E-state index contributed by atoms with van der Waals surface area (Å²) < 4.78 is 10.6. The lowest BCUT2D eigenvalue weighted by molar-refractivity contribution is -0.122. The van der Waals surface area contributed by atoms with Gasteiger partial charge in [-0.1, -0.05) is 51.1 Å². The second-order valence-electron chi connectivity index (χ2n) is 8.64. The molecule has 0 heterocycles. The number of benzene rings is 2. The van der Waals surface area contributed by atoms with Gasteiger partial charge in [0.1, 0.15) is 12.0 Å². The number of amides is 1. The SMILES string of the molecule is COc1ccc(CC(=O)NC(NC(Cc2ccccc2C)=NC#N)C(C)(C)C)cc1OC. The molecule has 0 saturated heterocycles. The second kappa shape index (κ2) is 11.2. The Kier molecular flexibility index (Phi) is 8.65. The van der Waals surface area contributed by atoms with Crippen LogP contribution in [0, 0.1) is 23.8 Å². The minimum atomic E-state index is -0.425. The van der Waals surface area contributed by atoms with Crippen LogP contribution in [-0.4, -0.2) is 32.1 Å². The standard InChI is InChI=1S/C25H32N4O3/c1-17-9-7-8-10-19(17)15-22(27-16-26)28-24(25(2,3)4)29-23(30)14-18-11-12-20(31-5)21(13-18)32-6/h7-13,24H,14-15H2,1-6H3,(H,27,28)(H,29,30). The number of carbonyl (C=O) groups excluding carboxylic acids is 1. The zero-order chi connectivity index (χ0) is 23.7. The number of ether oxygens (including phenoxy) is 2. The Labute approximate surface area is 190 Å². The van der Waals surface area contributed by atoms with Crippen LogP contribution in [0.15, 0.2) is 47.5 Å². The predicted octanol–water partition coefficient (Wildman–Crippen LogP) is 3.76. The highest BCUT2D eigenvalue weighted by Gasteiger charge is 2.27. The lowest BCUT2D eigenvalue weighted by Crippen LogP contribution is -2.55. The highest BCUT2D eigenvalue weighted by Crippen LogP contribution is 2.27. The number of nitriles is 1. The number of amidine groups is 1. The van der Waals surface area contributed by atoms with Crippen LogP contribution < -0.4 is 20.1 Å². The van der Waals surface area contributed by atoms with Gasteiger partial charge in [-0.3, -0.25) is 4.79 Å². The summed E-state index contributed by atoms with van der Waals surface area (Å²) >= 11 is 0. The molecule has 0 bridgehead atoms. The Bertz CT molecular complexity index is 1000. The van der Waals surface area contributed by atoms with Crippen molar-refractivity contribution in [1.82, 2.24) is 10.6 Å². The van der Waals surface area contributed by atoms with Crippen molar-refractivity contribution >= 4 is 11.7 Å². The van der Waals surface area contributed by atoms with E-state index < -0.39 is 6.17 Å². The number of rotatable bonds is 8. The van der Waals surface area contributed by atoms with Crippen LogP contribution in [0.25, 0.3) is 0 Å². The predicted molar refractivity (Wildman–Crippen MR) is 126 cm³/mol. The van der Waals surface area contributed by atoms with Crippen molar-refractivity contribution in [3.63, 3.8) is 0 Å². The van der Waals surface area contributed by atoms with Gasteiger partial charge in [-0.2, -0.15) is 10.3 Å². The van der Waals surface area contributed by atoms with Gasteiger partial charge in [-0.05, 0) is 35.7 Å². The first-order valence-electron chi connectivity index (χ1n) is 10.4. The highest BCUT2D eigenvalue weighted by molar-refractivity contribution is 5.86. The molecular formula is C25H32N4O3. The summed E-state index contributed by atoms with van der Waals surface area (Å²) in [4.78, 5) is 16.8. The van der Waals surface area contributed by atoms with E-state index in [1.807, 2.05) is 64.2 Å². The van der Waals surface area contributed by atoms with Crippen molar-refractivity contribution in [3.05, 3.63) is 59.2 Å². The minimum absolute atomic E-state index is 0.156. The third-order valence-corrected chi connectivity index (χ3v) is 5.10. The van der Waals surface area contributed by atoms with Crippen molar-refractivity contribution in [2.75, 3.05) is 14.2 Å². The molecule has 170 valence electrons. The molecule has 0 fully saturated rings. The highest BCUT2D eigenvalue weighted by atomic mass is 16.5. The first kappa shape index (κ1) is 24.7. The van der Waals surface area contributed by atoms with Gasteiger partial charge >= 0.3 is 0 Å². The van der Waals surface area contributed by atoms with E-state index in [1.54, 1.807) is 26.4 Å². The monoisotopic (exact) mass is 436 g/mol. The molecular weight excluding hydrogens is 404 g/mol. The summed E-state index contributed by atoms with van der Waals surface area (Å²) in [5.41, 5.74) is 2.66. The van der Waals surface area contributed by atoms with Crippen molar-refractivity contribution in [2.45, 2.75) is 46.7 Å². The molecule has 7 nitrogen and oxygen atoms in total. The molecule has 0 aliphatic rings. The third kappa shape index (κ3) is 7.02. The molecule has 0 saturated carbocycles. The van der Waals surface area contributed by atoms with Crippen molar-refractivity contribution < 1.29 is 14.3 Å². The van der Waals surface area contributed by atoms with Crippen LogP contribution in [-0.2, 0) is 17.6 Å². The maximum Gasteiger partial charge on any atom is 0.226 e. The molecule has 0 spiro atoms. The summed E-state index contributed by atoms with van der Waals surface area (Å²) in [6, 6.07) is 13.4. The minimum Gasteiger partial charge on any atom is -0.493 e. The summed E-state index contributed by atoms with van der Waals surface area (Å²) in [6.07, 6.45) is 2.09. The average molecular weight is 437 g/mol. The van der Waals surface area contributed by atoms with Gasteiger partial charge < -0.3 is 20.1 Å². The van der Waals surface area contributed by atoms with Gasteiger partial charge in [0.25, 0.3) is 0 Å². The third-order valence-electron chi connectivity index (χ3n) is 5.10. The first-order valence-corrected chi connectivity index (χ1v) is 10.4. The van der Waals surface area contributed by atoms with Gasteiger partial charge in [0.2, 0.25) is 12.1 Å². The number of aliphatic imine (C=N–C) groups is 1. The molecule has 32 heavy (non-hydrogen) atoms. The summed E-state index contributed by atoms with van der Waals surface area (Å²) in [7, 11) is 3.13. The molecule has 2 N–H and O–H groups in total. The molecule has 0 aliphatic carbocycles. The smallest absolute Gasteiger partial charge is 0.226 e. The number of carbonyl (C=O) groups is 1. The molecule has 7 heteroatoms. The van der Waals surface area contributed by atoms with Crippen molar-refractivity contribution in [2.24, 2.45) is 10.4 Å². The summed E-state index contributed by atoms with van der Waals surface area (Å²) in [5.74, 6) is 1.54. The van der Waals surface area contributed by atoms with Crippen LogP contribution in [0.5, 0.6) is 11.5 Å². The molecule has 2 rings (SSSR count). The molecule has 0 aromatic heterocycles. The fourth-order valence-electron chi connectivity index (χ4n) is 3.20. The number of hydrogen-bond acceptors (Lipinski definition) is 5. The fraction of sp³-hybridized carbons (Fsp3) is 0.400. The summed E-state index contributed by atoms with van der Waals surface area (Å²) in [5, 5.41) is 15.5. The van der Waals surface area contributed by atoms with Crippen LogP contribution in [0.4, 0.5) is 0 Å². The Morgan fingerprint density at radius 3 is 2.34 bits per heavy atom.